The van der Waals surface area contributed by atoms with Crippen molar-refractivity contribution in [1.29, 1.82) is 0 Å². The Kier molecular flexibility index (Phi) is 4.51. The van der Waals surface area contributed by atoms with E-state index in [0.717, 1.165) is 72.4 Å². The van der Waals surface area contributed by atoms with E-state index in [-0.39, 0.29) is 11.5 Å². The van der Waals surface area contributed by atoms with Crippen LogP contribution in [0.2, 0.25) is 0 Å². The van der Waals surface area contributed by atoms with Crippen molar-refractivity contribution < 1.29 is 12.8 Å². The third-order valence-corrected chi connectivity index (χ3v) is 9.59. The predicted molar refractivity (Wildman–Crippen MR) is 128 cm³/mol. The maximum atomic E-state index is 13.0. The van der Waals surface area contributed by atoms with E-state index in [1.807, 2.05) is 26.0 Å². The van der Waals surface area contributed by atoms with Crippen molar-refractivity contribution in [2.75, 3.05) is 20.1 Å². The highest BCUT2D eigenvalue weighted by Gasteiger charge is 2.51. The molecule has 3 aliphatic rings. The number of aromatic nitrogens is 2. The Balaban J connectivity index is 1.76. The lowest BCUT2D eigenvalue weighted by atomic mass is 9.66. The summed E-state index contributed by atoms with van der Waals surface area (Å²) in [4.78, 5) is 7.74. The molecular weight excluding hydrogens is 436 g/mol. The van der Waals surface area contributed by atoms with Crippen molar-refractivity contribution in [3.05, 3.63) is 52.9 Å². The molecule has 2 atom stereocenters. The number of fused-ring (bicyclic) bond motifs is 3. The Morgan fingerprint density at radius 2 is 2.09 bits per heavy atom. The summed E-state index contributed by atoms with van der Waals surface area (Å²) in [6, 6.07) is 5.83. The molecule has 0 saturated carbocycles. The fourth-order valence-corrected chi connectivity index (χ4v) is 7.39. The summed E-state index contributed by atoms with van der Waals surface area (Å²) >= 11 is 0. The van der Waals surface area contributed by atoms with Crippen LogP contribution in [0.3, 0.4) is 0 Å². The number of piperidine rings is 1. The van der Waals surface area contributed by atoms with Gasteiger partial charge < -0.3 is 8.98 Å². The molecule has 1 fully saturated rings. The first-order chi connectivity index (χ1) is 15.8. The maximum absolute atomic E-state index is 13.0. The van der Waals surface area contributed by atoms with Gasteiger partial charge >= 0.3 is 0 Å². The molecule has 3 aliphatic heterocycles. The van der Waals surface area contributed by atoms with Gasteiger partial charge in [0.15, 0.2) is 0 Å². The van der Waals surface area contributed by atoms with Crippen LogP contribution in [0.1, 0.15) is 60.8 Å². The lowest BCUT2D eigenvalue weighted by Gasteiger charge is -2.53. The fourth-order valence-electron chi connectivity index (χ4n) is 6.42. The molecule has 0 radical (unpaired) electrons. The van der Waals surface area contributed by atoms with Gasteiger partial charge in [-0.25, -0.2) is 18.1 Å². The highest BCUT2D eigenvalue weighted by atomic mass is 32.2. The first kappa shape index (κ1) is 21.1. The second-order valence-electron chi connectivity index (χ2n) is 9.63. The molecule has 8 heteroatoms. The fraction of sp³-hybridized carbons (Fsp3) is 0.480. The molecule has 5 heterocycles. The largest absolute Gasteiger partial charge is 0.440 e. The first-order valence-corrected chi connectivity index (χ1v) is 13.3. The van der Waals surface area contributed by atoms with Crippen LogP contribution >= 0.6 is 0 Å². The molecule has 7 nitrogen and oxygen atoms in total. The Labute approximate surface area is 194 Å². The van der Waals surface area contributed by atoms with Crippen molar-refractivity contribution in [1.82, 2.24) is 19.2 Å². The zero-order valence-corrected chi connectivity index (χ0v) is 20.4. The Morgan fingerprint density at radius 3 is 2.79 bits per heavy atom. The molecule has 1 aromatic carbocycles. The van der Waals surface area contributed by atoms with Gasteiger partial charge in [-0.05, 0) is 76.9 Å². The van der Waals surface area contributed by atoms with E-state index in [4.69, 9.17) is 9.40 Å². The molecular formula is C25H30N4O3S. The van der Waals surface area contributed by atoms with E-state index in [1.165, 1.54) is 12.7 Å². The van der Waals surface area contributed by atoms with Gasteiger partial charge in [0.25, 0.3) is 0 Å². The third kappa shape index (κ3) is 2.74. The molecule has 1 N–H and O–H groups in total. The molecule has 0 bridgehead atoms. The van der Waals surface area contributed by atoms with Gasteiger partial charge in [0.2, 0.25) is 15.9 Å². The number of nitrogens with zero attached hydrogens (tertiary/aromatic N) is 3. The number of sulfonamides is 1. The highest BCUT2D eigenvalue weighted by Crippen LogP contribution is 2.58. The summed E-state index contributed by atoms with van der Waals surface area (Å²) in [7, 11) is -2.13. The molecule has 174 valence electrons. The number of rotatable bonds is 4. The van der Waals surface area contributed by atoms with Gasteiger partial charge in [-0.1, -0.05) is 13.0 Å². The zero-order chi connectivity index (χ0) is 23.1. The normalized spacial score (nSPS) is 24.7. The molecule has 33 heavy (non-hydrogen) atoms. The molecule has 1 saturated heterocycles. The number of nitrogens with one attached hydrogen (secondary N) is 1. The van der Waals surface area contributed by atoms with Gasteiger partial charge in [-0.15, -0.1) is 0 Å². The van der Waals surface area contributed by atoms with Gasteiger partial charge in [-0.2, -0.15) is 0 Å². The van der Waals surface area contributed by atoms with Crippen molar-refractivity contribution in [3.63, 3.8) is 0 Å². The zero-order valence-electron chi connectivity index (χ0n) is 19.6. The van der Waals surface area contributed by atoms with Crippen LogP contribution in [-0.4, -0.2) is 43.0 Å². The van der Waals surface area contributed by atoms with Crippen molar-refractivity contribution in [2.45, 2.75) is 57.4 Å². The Bertz CT molecular complexity index is 1410. The van der Waals surface area contributed by atoms with Crippen LogP contribution in [0, 0.1) is 19.3 Å². The predicted octanol–water partition coefficient (Wildman–Crippen LogP) is 4.15. The van der Waals surface area contributed by atoms with Crippen LogP contribution < -0.4 is 4.72 Å². The lowest BCUT2D eigenvalue weighted by Crippen LogP contribution is -2.50. The average Bonchev–Trinajstić information content (AvgIpc) is 3.34. The first-order valence-electron chi connectivity index (χ1n) is 11.8. The van der Waals surface area contributed by atoms with E-state index in [2.05, 4.69) is 27.2 Å². The third-order valence-electron chi connectivity index (χ3n) is 8.13. The Morgan fingerprint density at radius 1 is 1.27 bits per heavy atom. The maximum Gasteiger partial charge on any atom is 0.243 e. The SMILES string of the molecule is CC[C@@]12C=C(c3nc(C)c(C)o3)n3c4c(c5c(S(=O)(=O)NC)cccc53)CCN(CCC1)[C@H]42. The van der Waals surface area contributed by atoms with Crippen molar-refractivity contribution in [3.8, 4) is 0 Å². The molecule has 3 aromatic rings. The molecule has 0 aliphatic carbocycles. The molecule has 0 spiro atoms. The van der Waals surface area contributed by atoms with E-state index >= 15 is 0 Å². The van der Waals surface area contributed by atoms with Gasteiger partial charge in [0, 0.05) is 23.0 Å². The van der Waals surface area contributed by atoms with Gasteiger partial charge in [0.1, 0.15) is 11.5 Å². The standard InChI is InChI=1S/C25H30N4O3S/c1-5-25-11-7-12-28-13-10-17-21-18(8-6-9-20(21)33(30,31)26-4)29(22(17)23(25)28)19(14-25)24-27-15(2)16(3)32-24/h6,8-9,14,23,26H,5,7,10-13H2,1-4H3/t23-,25+/m1/s1. The minimum atomic E-state index is -3.61. The van der Waals surface area contributed by atoms with E-state index in [1.54, 1.807) is 6.07 Å². The summed E-state index contributed by atoms with van der Waals surface area (Å²) in [5.74, 6) is 1.42. The smallest absolute Gasteiger partial charge is 0.243 e. The molecule has 0 amide bonds. The minimum Gasteiger partial charge on any atom is -0.440 e. The minimum absolute atomic E-state index is 0.0224. The van der Waals surface area contributed by atoms with Crippen molar-refractivity contribution in [2.24, 2.45) is 5.41 Å². The number of oxazole rings is 1. The number of hydrogen-bond acceptors (Lipinski definition) is 5. The van der Waals surface area contributed by atoms with Crippen molar-refractivity contribution >= 4 is 26.6 Å². The number of aryl methyl sites for hydroxylation is 2. The van der Waals surface area contributed by atoms with E-state index in [0.29, 0.717) is 10.8 Å². The quantitative estimate of drug-likeness (QED) is 0.625. The van der Waals surface area contributed by atoms with Crippen LogP contribution in [-0.2, 0) is 16.4 Å². The number of hydrogen-bond donors (Lipinski definition) is 1. The second kappa shape index (κ2) is 7.04. The molecule has 2 aromatic heterocycles. The summed E-state index contributed by atoms with van der Waals surface area (Å²) < 4.78 is 37.0. The van der Waals surface area contributed by atoms with Crippen LogP contribution in [0.4, 0.5) is 0 Å². The van der Waals surface area contributed by atoms with Crippen LogP contribution in [0.5, 0.6) is 0 Å². The summed E-state index contributed by atoms with van der Waals surface area (Å²) in [6.45, 7) is 8.21. The summed E-state index contributed by atoms with van der Waals surface area (Å²) in [6.07, 6.45) is 6.50. The number of benzene rings is 1. The van der Waals surface area contributed by atoms with Crippen LogP contribution in [0.25, 0.3) is 16.6 Å². The monoisotopic (exact) mass is 466 g/mol. The lowest BCUT2D eigenvalue weighted by molar-refractivity contribution is 0.0269. The molecule has 6 rings (SSSR count). The summed E-state index contributed by atoms with van der Waals surface area (Å²) in [5, 5.41) is 0.838. The van der Waals surface area contributed by atoms with Gasteiger partial charge in [0.05, 0.1) is 22.1 Å². The van der Waals surface area contributed by atoms with E-state index in [9.17, 15) is 8.42 Å². The van der Waals surface area contributed by atoms with E-state index < -0.39 is 10.0 Å². The van der Waals surface area contributed by atoms with Crippen LogP contribution in [0.15, 0.2) is 33.6 Å². The molecule has 0 unspecified atom stereocenters. The Hall–Kier alpha value is -2.42. The average molecular weight is 467 g/mol. The highest BCUT2D eigenvalue weighted by molar-refractivity contribution is 7.89. The van der Waals surface area contributed by atoms with Gasteiger partial charge in [-0.3, -0.25) is 4.90 Å². The topological polar surface area (TPSA) is 80.4 Å². The summed E-state index contributed by atoms with van der Waals surface area (Å²) in [5.41, 5.74) is 5.10. The second-order valence-corrected chi connectivity index (χ2v) is 11.5.